The van der Waals surface area contributed by atoms with E-state index in [1.165, 1.54) is 4.88 Å². The second-order valence-electron chi connectivity index (χ2n) is 6.31. The maximum absolute atomic E-state index is 6.02. The Kier molecular flexibility index (Phi) is 4.73. The zero-order valence-corrected chi connectivity index (χ0v) is 16.2. The molecule has 130 valence electrons. The van der Waals surface area contributed by atoms with Gasteiger partial charge in [-0.3, -0.25) is 14.5 Å². The summed E-state index contributed by atoms with van der Waals surface area (Å²) in [6, 6.07) is 8.43. The molecule has 1 aliphatic carbocycles. The molecule has 4 rings (SSSR count). The predicted molar refractivity (Wildman–Crippen MR) is 103 cm³/mol. The van der Waals surface area contributed by atoms with Crippen LogP contribution in [0.2, 0.25) is 4.34 Å². The Morgan fingerprint density at radius 1 is 1.36 bits per heavy atom. The van der Waals surface area contributed by atoms with Gasteiger partial charge in [0.25, 0.3) is 0 Å². The summed E-state index contributed by atoms with van der Waals surface area (Å²) in [5.74, 6) is 0.910. The van der Waals surface area contributed by atoms with Crippen LogP contribution in [0.15, 0.2) is 36.7 Å². The van der Waals surface area contributed by atoms with Gasteiger partial charge in [0.15, 0.2) is 10.6 Å². The van der Waals surface area contributed by atoms with Crippen molar-refractivity contribution >= 4 is 35.2 Å². The molecular weight excluding hydrogens is 374 g/mol. The van der Waals surface area contributed by atoms with E-state index in [0.717, 1.165) is 39.9 Å². The lowest BCUT2D eigenvalue weighted by Gasteiger charge is -2.15. The van der Waals surface area contributed by atoms with E-state index in [0.29, 0.717) is 12.7 Å². The van der Waals surface area contributed by atoms with Crippen LogP contribution in [0.3, 0.4) is 0 Å². The van der Waals surface area contributed by atoms with Gasteiger partial charge in [-0.25, -0.2) is 4.68 Å². The highest BCUT2D eigenvalue weighted by atomic mass is 35.5. The molecule has 25 heavy (non-hydrogen) atoms. The summed E-state index contributed by atoms with van der Waals surface area (Å²) in [4.78, 5) is 7.64. The van der Waals surface area contributed by atoms with Gasteiger partial charge in [-0.2, -0.15) is 5.10 Å². The molecule has 1 aliphatic rings. The van der Waals surface area contributed by atoms with Crippen molar-refractivity contribution in [3.05, 3.63) is 50.6 Å². The van der Waals surface area contributed by atoms with Gasteiger partial charge in [0.1, 0.15) is 0 Å². The Labute approximate surface area is 160 Å². The van der Waals surface area contributed by atoms with E-state index in [1.54, 1.807) is 17.5 Å². The minimum atomic E-state index is 0.470. The van der Waals surface area contributed by atoms with Gasteiger partial charge in [0.05, 0.1) is 11.0 Å². The molecule has 8 heteroatoms. The van der Waals surface area contributed by atoms with Crippen molar-refractivity contribution in [1.82, 2.24) is 24.2 Å². The van der Waals surface area contributed by atoms with Gasteiger partial charge in [0, 0.05) is 35.4 Å². The molecule has 5 nitrogen and oxygen atoms in total. The number of rotatable bonds is 6. The van der Waals surface area contributed by atoms with Crippen LogP contribution >= 0.6 is 35.2 Å². The highest BCUT2D eigenvalue weighted by Crippen LogP contribution is 2.38. The van der Waals surface area contributed by atoms with Gasteiger partial charge in [-0.05, 0) is 56.4 Å². The van der Waals surface area contributed by atoms with Crippen LogP contribution in [-0.2, 0) is 13.2 Å². The van der Waals surface area contributed by atoms with Crippen LogP contribution < -0.4 is 0 Å². The summed E-state index contributed by atoms with van der Waals surface area (Å²) in [6.45, 7) is 1.46. The van der Waals surface area contributed by atoms with Crippen molar-refractivity contribution in [2.24, 2.45) is 0 Å². The maximum atomic E-state index is 6.02. The normalized spacial score (nSPS) is 14.4. The summed E-state index contributed by atoms with van der Waals surface area (Å²) in [7, 11) is 2.06. The van der Waals surface area contributed by atoms with Crippen molar-refractivity contribution in [3.63, 3.8) is 0 Å². The number of halogens is 1. The number of thiophene rings is 1. The lowest BCUT2D eigenvalue weighted by molar-refractivity contribution is 0.246. The lowest BCUT2D eigenvalue weighted by Crippen LogP contribution is -2.22. The molecular formula is C17H18ClN5S2. The van der Waals surface area contributed by atoms with E-state index in [9.17, 15) is 0 Å². The predicted octanol–water partition coefficient (Wildman–Crippen LogP) is 4.62. The highest BCUT2D eigenvalue weighted by molar-refractivity contribution is 7.71. The molecule has 0 atom stereocenters. The van der Waals surface area contributed by atoms with Gasteiger partial charge < -0.3 is 0 Å². The zero-order chi connectivity index (χ0) is 17.4. The van der Waals surface area contributed by atoms with Crippen molar-refractivity contribution < 1.29 is 0 Å². The van der Waals surface area contributed by atoms with Gasteiger partial charge in [-0.1, -0.05) is 11.6 Å². The van der Waals surface area contributed by atoms with E-state index in [1.807, 2.05) is 29.1 Å². The van der Waals surface area contributed by atoms with Crippen LogP contribution in [-0.4, -0.2) is 31.3 Å². The molecule has 3 aromatic heterocycles. The summed E-state index contributed by atoms with van der Waals surface area (Å²) in [6.07, 6.45) is 5.95. The van der Waals surface area contributed by atoms with Crippen LogP contribution in [0.25, 0.3) is 11.4 Å². The fourth-order valence-corrected chi connectivity index (χ4v) is 4.35. The summed E-state index contributed by atoms with van der Waals surface area (Å²) >= 11 is 13.3. The molecule has 0 aromatic carbocycles. The smallest absolute Gasteiger partial charge is 0.199 e. The maximum Gasteiger partial charge on any atom is 0.199 e. The quantitative estimate of drug-likeness (QED) is 0.575. The Hall–Kier alpha value is -1.54. The third-order valence-electron chi connectivity index (χ3n) is 4.13. The van der Waals surface area contributed by atoms with E-state index in [-0.39, 0.29) is 0 Å². The standard InChI is InChI=1S/C17H18ClN5S2/c1-21(10-14-6-7-15(18)25-14)11-22-17(24)23(13-4-5-13)16(20-22)12-3-2-8-19-9-12/h2-3,6-9,13H,4-5,10-11H2,1H3. The number of hydrogen-bond donors (Lipinski definition) is 0. The average molecular weight is 392 g/mol. The number of aromatic nitrogens is 4. The monoisotopic (exact) mass is 391 g/mol. The molecule has 3 heterocycles. The van der Waals surface area contributed by atoms with Crippen molar-refractivity contribution in [3.8, 4) is 11.4 Å². The third-order valence-corrected chi connectivity index (χ3v) is 5.76. The number of pyridine rings is 1. The van der Waals surface area contributed by atoms with E-state index >= 15 is 0 Å². The molecule has 0 N–H and O–H groups in total. The van der Waals surface area contributed by atoms with Crippen molar-refractivity contribution in [2.75, 3.05) is 7.05 Å². The Morgan fingerprint density at radius 2 is 2.20 bits per heavy atom. The van der Waals surface area contributed by atoms with E-state index < -0.39 is 0 Å². The molecule has 1 fully saturated rings. The van der Waals surface area contributed by atoms with E-state index in [2.05, 4.69) is 27.6 Å². The molecule has 0 bridgehead atoms. The number of nitrogens with zero attached hydrogens (tertiary/aromatic N) is 5. The summed E-state index contributed by atoms with van der Waals surface area (Å²) in [5, 5.41) is 4.80. The second kappa shape index (κ2) is 6.99. The molecule has 1 saturated carbocycles. The van der Waals surface area contributed by atoms with Crippen LogP contribution in [0, 0.1) is 4.77 Å². The lowest BCUT2D eigenvalue weighted by atomic mass is 10.3. The molecule has 3 aromatic rings. The van der Waals surface area contributed by atoms with Crippen LogP contribution in [0.5, 0.6) is 0 Å². The zero-order valence-electron chi connectivity index (χ0n) is 13.8. The second-order valence-corrected chi connectivity index (χ2v) is 8.47. The first-order valence-corrected chi connectivity index (χ1v) is 9.74. The average Bonchev–Trinajstić information content (AvgIpc) is 3.28. The van der Waals surface area contributed by atoms with Gasteiger partial charge >= 0.3 is 0 Å². The molecule has 0 spiro atoms. The summed E-state index contributed by atoms with van der Waals surface area (Å²) in [5.41, 5.74) is 1.01. The van der Waals surface area contributed by atoms with Crippen molar-refractivity contribution in [1.29, 1.82) is 0 Å². The molecule has 0 amide bonds. The Morgan fingerprint density at radius 3 is 2.84 bits per heavy atom. The highest BCUT2D eigenvalue weighted by Gasteiger charge is 2.29. The van der Waals surface area contributed by atoms with Gasteiger partial charge in [-0.15, -0.1) is 11.3 Å². The first-order valence-electron chi connectivity index (χ1n) is 8.14. The fraction of sp³-hybridized carbons (Fsp3) is 0.353. The molecule has 0 radical (unpaired) electrons. The molecule has 0 aliphatic heterocycles. The van der Waals surface area contributed by atoms with Crippen LogP contribution in [0.1, 0.15) is 23.8 Å². The SMILES string of the molecule is CN(Cc1ccc(Cl)s1)Cn1nc(-c2cccnc2)n(C2CC2)c1=S. The Bertz CT molecular complexity index is 926. The van der Waals surface area contributed by atoms with Gasteiger partial charge in [0.2, 0.25) is 0 Å². The summed E-state index contributed by atoms with van der Waals surface area (Å²) < 4.78 is 5.68. The number of hydrogen-bond acceptors (Lipinski definition) is 5. The minimum absolute atomic E-state index is 0.470. The molecule has 0 saturated heterocycles. The minimum Gasteiger partial charge on any atom is -0.297 e. The topological polar surface area (TPSA) is 38.9 Å². The molecule has 0 unspecified atom stereocenters. The van der Waals surface area contributed by atoms with Crippen LogP contribution in [0.4, 0.5) is 0 Å². The third kappa shape index (κ3) is 3.69. The Balaban J connectivity index is 1.60. The first kappa shape index (κ1) is 16.9. The van der Waals surface area contributed by atoms with E-state index in [4.69, 9.17) is 28.9 Å². The van der Waals surface area contributed by atoms with Crippen molar-refractivity contribution in [2.45, 2.75) is 32.1 Å². The first-order chi connectivity index (χ1) is 12.1. The fourth-order valence-electron chi connectivity index (χ4n) is 2.85. The largest absolute Gasteiger partial charge is 0.297 e.